The number of H-pyrrole nitrogens is 1. The lowest BCUT2D eigenvalue weighted by Crippen LogP contribution is -1.82. The average molecular weight is 288 g/mol. The van der Waals surface area contributed by atoms with Gasteiger partial charge in [-0.2, -0.15) is 4.39 Å². The Morgan fingerprint density at radius 1 is 0.727 bits per heavy atom. The molecule has 0 unspecified atom stereocenters. The van der Waals surface area contributed by atoms with Crippen molar-refractivity contribution in [3.8, 4) is 22.6 Å². The van der Waals surface area contributed by atoms with Crippen LogP contribution in [0.1, 0.15) is 0 Å². The molecule has 1 heterocycles. The highest BCUT2D eigenvalue weighted by molar-refractivity contribution is 5.86. The SMILES string of the molecule is Fc1[nH]c(-c2ccc3ccccc3c2)nc1-c1ccccc1. The Kier molecular flexibility index (Phi) is 2.97. The van der Waals surface area contributed by atoms with E-state index in [1.807, 2.05) is 66.7 Å². The van der Waals surface area contributed by atoms with Gasteiger partial charge in [0.2, 0.25) is 5.95 Å². The first-order chi connectivity index (χ1) is 10.8. The van der Waals surface area contributed by atoms with Crippen molar-refractivity contribution in [3.05, 3.63) is 78.7 Å². The topological polar surface area (TPSA) is 28.7 Å². The predicted octanol–water partition coefficient (Wildman–Crippen LogP) is 5.04. The first-order valence-electron chi connectivity index (χ1n) is 7.11. The first kappa shape index (κ1) is 12.8. The van der Waals surface area contributed by atoms with E-state index in [0.717, 1.165) is 21.9 Å². The van der Waals surface area contributed by atoms with Crippen LogP contribution in [0.15, 0.2) is 72.8 Å². The Morgan fingerprint density at radius 2 is 1.45 bits per heavy atom. The molecule has 0 fully saturated rings. The number of benzene rings is 3. The number of rotatable bonds is 2. The van der Waals surface area contributed by atoms with Crippen LogP contribution < -0.4 is 0 Å². The van der Waals surface area contributed by atoms with Crippen LogP contribution in [0.2, 0.25) is 0 Å². The van der Waals surface area contributed by atoms with Crippen LogP contribution in [0.5, 0.6) is 0 Å². The van der Waals surface area contributed by atoms with Crippen LogP contribution in [-0.2, 0) is 0 Å². The molecule has 0 aliphatic carbocycles. The first-order valence-corrected chi connectivity index (χ1v) is 7.11. The van der Waals surface area contributed by atoms with E-state index in [2.05, 4.69) is 16.0 Å². The number of nitrogens with one attached hydrogen (secondary N) is 1. The van der Waals surface area contributed by atoms with E-state index < -0.39 is 5.95 Å². The third kappa shape index (κ3) is 2.17. The lowest BCUT2D eigenvalue weighted by Gasteiger charge is -2.00. The molecule has 2 nitrogen and oxygen atoms in total. The molecule has 0 aliphatic rings. The summed E-state index contributed by atoms with van der Waals surface area (Å²) in [5, 5.41) is 2.26. The number of hydrogen-bond donors (Lipinski definition) is 1. The van der Waals surface area contributed by atoms with Crippen molar-refractivity contribution in [2.45, 2.75) is 0 Å². The molecule has 0 atom stereocenters. The summed E-state index contributed by atoms with van der Waals surface area (Å²) in [4.78, 5) is 7.17. The van der Waals surface area contributed by atoms with E-state index in [9.17, 15) is 4.39 Å². The maximum atomic E-state index is 14.2. The molecule has 0 aliphatic heterocycles. The van der Waals surface area contributed by atoms with Crippen molar-refractivity contribution in [1.29, 1.82) is 0 Å². The summed E-state index contributed by atoms with van der Waals surface area (Å²) in [6.45, 7) is 0. The summed E-state index contributed by atoms with van der Waals surface area (Å²) in [5.74, 6) is 0.136. The molecule has 0 saturated heterocycles. The zero-order valence-corrected chi connectivity index (χ0v) is 11.8. The molecular weight excluding hydrogens is 275 g/mol. The van der Waals surface area contributed by atoms with Crippen LogP contribution in [0, 0.1) is 5.95 Å². The minimum Gasteiger partial charge on any atom is -0.314 e. The maximum Gasteiger partial charge on any atom is 0.219 e. The second-order valence-corrected chi connectivity index (χ2v) is 5.18. The summed E-state index contributed by atoms with van der Waals surface area (Å²) in [6.07, 6.45) is 0. The van der Waals surface area contributed by atoms with Gasteiger partial charge in [-0.3, -0.25) is 0 Å². The van der Waals surface area contributed by atoms with Gasteiger partial charge in [0.15, 0.2) is 0 Å². The highest BCUT2D eigenvalue weighted by Gasteiger charge is 2.13. The zero-order chi connectivity index (χ0) is 14.9. The summed E-state index contributed by atoms with van der Waals surface area (Å²) < 4.78 is 14.2. The Labute approximate surface area is 127 Å². The van der Waals surface area contributed by atoms with Crippen LogP contribution in [-0.4, -0.2) is 9.97 Å². The Bertz CT molecular complexity index is 942. The predicted molar refractivity (Wildman–Crippen MR) is 86.9 cm³/mol. The third-order valence-electron chi connectivity index (χ3n) is 3.73. The Hall–Kier alpha value is -2.94. The molecule has 0 amide bonds. The van der Waals surface area contributed by atoms with Crippen molar-refractivity contribution in [1.82, 2.24) is 9.97 Å². The van der Waals surface area contributed by atoms with Gasteiger partial charge in [0.1, 0.15) is 11.5 Å². The fourth-order valence-electron chi connectivity index (χ4n) is 2.61. The van der Waals surface area contributed by atoms with Crippen LogP contribution >= 0.6 is 0 Å². The molecule has 3 aromatic carbocycles. The molecule has 0 spiro atoms. The number of imidazole rings is 1. The Morgan fingerprint density at radius 3 is 2.27 bits per heavy atom. The fraction of sp³-hybridized carbons (Fsp3) is 0. The van der Waals surface area contributed by atoms with Gasteiger partial charge in [0.05, 0.1) is 0 Å². The number of nitrogens with zero attached hydrogens (tertiary/aromatic N) is 1. The highest BCUT2D eigenvalue weighted by atomic mass is 19.1. The minimum atomic E-state index is -0.408. The minimum absolute atomic E-state index is 0.351. The number of aromatic amines is 1. The van der Waals surface area contributed by atoms with E-state index in [4.69, 9.17) is 0 Å². The van der Waals surface area contributed by atoms with Gasteiger partial charge in [-0.25, -0.2) is 4.98 Å². The quantitative estimate of drug-likeness (QED) is 0.550. The Balaban J connectivity index is 1.82. The molecule has 106 valence electrons. The summed E-state index contributed by atoms with van der Waals surface area (Å²) in [7, 11) is 0. The van der Waals surface area contributed by atoms with Crippen molar-refractivity contribution in [2.75, 3.05) is 0 Å². The van der Waals surface area contributed by atoms with Crippen LogP contribution in [0.3, 0.4) is 0 Å². The third-order valence-corrected chi connectivity index (χ3v) is 3.73. The summed E-state index contributed by atoms with van der Waals surface area (Å²) in [5.41, 5.74) is 1.99. The van der Waals surface area contributed by atoms with E-state index in [1.54, 1.807) is 0 Å². The van der Waals surface area contributed by atoms with E-state index >= 15 is 0 Å². The molecule has 3 heteroatoms. The molecule has 4 aromatic rings. The zero-order valence-electron chi connectivity index (χ0n) is 11.8. The van der Waals surface area contributed by atoms with Crippen LogP contribution in [0.25, 0.3) is 33.4 Å². The van der Waals surface area contributed by atoms with Crippen LogP contribution in [0.4, 0.5) is 4.39 Å². The number of fused-ring (bicyclic) bond motifs is 1. The number of halogens is 1. The summed E-state index contributed by atoms with van der Waals surface area (Å²) in [6, 6.07) is 23.4. The van der Waals surface area contributed by atoms with Gasteiger partial charge in [-0.15, -0.1) is 0 Å². The highest BCUT2D eigenvalue weighted by Crippen LogP contribution is 2.27. The molecule has 1 aromatic heterocycles. The van der Waals surface area contributed by atoms with Gasteiger partial charge < -0.3 is 4.98 Å². The van der Waals surface area contributed by atoms with Gasteiger partial charge in [0.25, 0.3) is 0 Å². The van der Waals surface area contributed by atoms with Crippen molar-refractivity contribution >= 4 is 10.8 Å². The van der Waals surface area contributed by atoms with E-state index in [1.165, 1.54) is 0 Å². The molecular formula is C19H13FN2. The van der Waals surface area contributed by atoms with Gasteiger partial charge in [-0.05, 0) is 16.8 Å². The maximum absolute atomic E-state index is 14.2. The van der Waals surface area contributed by atoms with Crippen molar-refractivity contribution in [3.63, 3.8) is 0 Å². The molecule has 1 N–H and O–H groups in total. The fourth-order valence-corrected chi connectivity index (χ4v) is 2.61. The molecule has 4 rings (SSSR count). The smallest absolute Gasteiger partial charge is 0.219 e. The number of aromatic nitrogens is 2. The van der Waals surface area contributed by atoms with E-state index in [-0.39, 0.29) is 0 Å². The molecule has 22 heavy (non-hydrogen) atoms. The van der Waals surface area contributed by atoms with Gasteiger partial charge in [0, 0.05) is 11.1 Å². The second-order valence-electron chi connectivity index (χ2n) is 5.18. The number of hydrogen-bond acceptors (Lipinski definition) is 1. The normalized spacial score (nSPS) is 11.0. The molecule has 0 saturated carbocycles. The lowest BCUT2D eigenvalue weighted by atomic mass is 10.1. The largest absolute Gasteiger partial charge is 0.314 e. The van der Waals surface area contributed by atoms with Gasteiger partial charge in [-0.1, -0.05) is 66.7 Å². The molecule has 0 radical (unpaired) electrons. The van der Waals surface area contributed by atoms with Gasteiger partial charge >= 0.3 is 0 Å². The summed E-state index contributed by atoms with van der Waals surface area (Å²) >= 11 is 0. The average Bonchev–Trinajstić information content (AvgIpc) is 2.97. The standard InChI is InChI=1S/C19H13FN2/c20-18-17(14-7-2-1-3-8-14)21-19(22-18)16-11-10-13-6-4-5-9-15(13)12-16/h1-12H,(H,21,22). The van der Waals surface area contributed by atoms with Crippen molar-refractivity contribution < 1.29 is 4.39 Å². The second kappa shape index (κ2) is 5.11. The lowest BCUT2D eigenvalue weighted by molar-refractivity contribution is 0.595. The monoisotopic (exact) mass is 288 g/mol. The molecule has 0 bridgehead atoms. The van der Waals surface area contributed by atoms with Crippen molar-refractivity contribution in [2.24, 2.45) is 0 Å². The van der Waals surface area contributed by atoms with E-state index in [0.29, 0.717) is 11.5 Å².